The van der Waals surface area contributed by atoms with Crippen molar-refractivity contribution in [1.29, 1.82) is 0 Å². The highest BCUT2D eigenvalue weighted by Crippen LogP contribution is 2.28. The third-order valence-electron chi connectivity index (χ3n) is 5.27. The molecule has 164 valence electrons. The number of nitrogens with one attached hydrogen (secondary N) is 1. The molecule has 8 heteroatoms. The Morgan fingerprint density at radius 2 is 1.84 bits per heavy atom. The number of methoxy groups -OCH3 is 1. The van der Waals surface area contributed by atoms with Crippen LogP contribution in [0.15, 0.2) is 66.9 Å². The second kappa shape index (κ2) is 9.13. The zero-order chi connectivity index (χ0) is 22.7. The maximum atomic E-state index is 13.8. The monoisotopic (exact) mass is 436 g/mol. The average Bonchev–Trinajstić information content (AvgIpc) is 3.26. The minimum atomic E-state index is -2.79. The maximum Gasteiger partial charge on any atom is 0.280 e. The summed E-state index contributed by atoms with van der Waals surface area (Å²) >= 11 is 0. The molecule has 0 aliphatic carbocycles. The topological polar surface area (TPSA) is 68.5 Å². The van der Waals surface area contributed by atoms with Crippen LogP contribution in [0.1, 0.15) is 47.4 Å². The van der Waals surface area contributed by atoms with E-state index in [0.717, 1.165) is 10.1 Å². The predicted molar refractivity (Wildman–Crippen MR) is 117 cm³/mol. The molecule has 4 rings (SSSR count). The molecule has 0 unspecified atom stereocenters. The quantitative estimate of drug-likeness (QED) is 0.431. The summed E-state index contributed by atoms with van der Waals surface area (Å²) in [5.74, 6) is 0.218. The smallest absolute Gasteiger partial charge is 0.280 e. The molecule has 1 atom stereocenters. The minimum absolute atomic E-state index is 0.0778. The van der Waals surface area contributed by atoms with Crippen molar-refractivity contribution in [2.45, 2.75) is 25.8 Å². The van der Waals surface area contributed by atoms with Crippen molar-refractivity contribution in [3.05, 3.63) is 83.7 Å². The molecular weight excluding hydrogens is 414 g/mol. The highest BCUT2D eigenvalue weighted by Gasteiger charge is 2.23. The number of carbonyl (C=O) groups is 1. The number of nitrogens with zero attached hydrogens (tertiary/aromatic N) is 3. The van der Waals surface area contributed by atoms with Crippen molar-refractivity contribution < 1.29 is 18.3 Å². The molecule has 0 radical (unpaired) electrons. The molecule has 0 bridgehead atoms. The zero-order valence-corrected chi connectivity index (χ0v) is 17.6. The molecule has 2 aromatic heterocycles. The normalized spacial score (nSPS) is 12.2. The molecule has 0 saturated heterocycles. The SMILES string of the molecule is CC[C@@H](NC(=O)c1cnn2c(C(F)F)cc(-c3ccc(OC)cc3)nc12)c1ccccc1. The van der Waals surface area contributed by atoms with Crippen LogP contribution < -0.4 is 10.1 Å². The van der Waals surface area contributed by atoms with E-state index in [2.05, 4.69) is 15.4 Å². The standard InChI is InChI=1S/C24H22F2N4O2/c1-3-19(15-7-5-4-6-8-15)29-24(31)18-14-27-30-21(22(25)26)13-20(28-23(18)30)16-9-11-17(32-2)12-10-16/h4-14,19,22H,3H2,1-2H3,(H,29,31)/t19-/m1/s1. The van der Waals surface area contributed by atoms with Gasteiger partial charge in [0.05, 0.1) is 25.0 Å². The highest BCUT2D eigenvalue weighted by atomic mass is 19.3. The summed E-state index contributed by atoms with van der Waals surface area (Å²) in [4.78, 5) is 17.6. The average molecular weight is 436 g/mol. The number of carbonyl (C=O) groups excluding carboxylic acids is 1. The lowest BCUT2D eigenvalue weighted by Crippen LogP contribution is -2.28. The Kier molecular flexibility index (Phi) is 6.11. The second-order valence-electron chi connectivity index (χ2n) is 7.23. The van der Waals surface area contributed by atoms with E-state index in [0.29, 0.717) is 23.4 Å². The first-order valence-electron chi connectivity index (χ1n) is 10.2. The molecule has 0 aliphatic heterocycles. The Balaban J connectivity index is 1.75. The van der Waals surface area contributed by atoms with Crippen molar-refractivity contribution in [3.63, 3.8) is 0 Å². The van der Waals surface area contributed by atoms with Crippen LogP contribution in [-0.2, 0) is 0 Å². The third-order valence-corrected chi connectivity index (χ3v) is 5.27. The lowest BCUT2D eigenvalue weighted by molar-refractivity contribution is 0.0936. The van der Waals surface area contributed by atoms with Gasteiger partial charge >= 0.3 is 0 Å². The van der Waals surface area contributed by atoms with Gasteiger partial charge in [0.25, 0.3) is 12.3 Å². The molecule has 6 nitrogen and oxygen atoms in total. The van der Waals surface area contributed by atoms with Crippen molar-refractivity contribution >= 4 is 11.6 Å². The minimum Gasteiger partial charge on any atom is -0.497 e. The first-order valence-corrected chi connectivity index (χ1v) is 10.2. The Bertz CT molecular complexity index is 1220. The van der Waals surface area contributed by atoms with Gasteiger partial charge in [0.2, 0.25) is 0 Å². The Morgan fingerprint density at radius 3 is 2.47 bits per heavy atom. The summed E-state index contributed by atoms with van der Waals surface area (Å²) in [5.41, 5.74) is 1.78. The van der Waals surface area contributed by atoms with Crippen LogP contribution in [-0.4, -0.2) is 27.6 Å². The zero-order valence-electron chi connectivity index (χ0n) is 17.6. The van der Waals surface area contributed by atoms with Gasteiger partial charge < -0.3 is 10.1 Å². The summed E-state index contributed by atoms with van der Waals surface area (Å²) in [7, 11) is 1.55. The van der Waals surface area contributed by atoms with Gasteiger partial charge in [-0.1, -0.05) is 37.3 Å². The van der Waals surface area contributed by atoms with Crippen LogP contribution in [0, 0.1) is 0 Å². The number of benzene rings is 2. The number of hydrogen-bond donors (Lipinski definition) is 1. The van der Waals surface area contributed by atoms with Crippen LogP contribution in [0.3, 0.4) is 0 Å². The lowest BCUT2D eigenvalue weighted by atomic mass is 10.0. The summed E-state index contributed by atoms with van der Waals surface area (Å²) in [6.45, 7) is 1.96. The third kappa shape index (κ3) is 4.16. The van der Waals surface area contributed by atoms with Crippen LogP contribution in [0.25, 0.3) is 16.9 Å². The number of hydrogen-bond acceptors (Lipinski definition) is 4. The second-order valence-corrected chi connectivity index (χ2v) is 7.23. The Morgan fingerprint density at radius 1 is 1.12 bits per heavy atom. The fourth-order valence-corrected chi connectivity index (χ4v) is 3.55. The van der Waals surface area contributed by atoms with Gasteiger partial charge in [-0.3, -0.25) is 4.79 Å². The van der Waals surface area contributed by atoms with Crippen molar-refractivity contribution in [1.82, 2.24) is 19.9 Å². The predicted octanol–water partition coefficient (Wildman–Crippen LogP) is 5.22. The summed E-state index contributed by atoms with van der Waals surface area (Å²) in [5, 5.41) is 6.99. The first-order chi connectivity index (χ1) is 15.5. The van der Waals surface area contributed by atoms with E-state index in [9.17, 15) is 13.6 Å². The van der Waals surface area contributed by atoms with Gasteiger partial charge in [-0.2, -0.15) is 5.10 Å². The molecule has 32 heavy (non-hydrogen) atoms. The first kappa shape index (κ1) is 21.4. The molecule has 2 aromatic carbocycles. The van der Waals surface area contributed by atoms with Gasteiger partial charge in [0.1, 0.15) is 17.0 Å². The number of fused-ring (bicyclic) bond motifs is 1. The van der Waals surface area contributed by atoms with Gasteiger partial charge in [0, 0.05) is 5.56 Å². The summed E-state index contributed by atoms with van der Waals surface area (Å²) in [6.07, 6.45) is -0.845. The van der Waals surface area contributed by atoms with E-state index in [4.69, 9.17) is 4.74 Å². The fourth-order valence-electron chi connectivity index (χ4n) is 3.55. The number of amides is 1. The molecule has 0 spiro atoms. The number of ether oxygens (including phenoxy) is 1. The highest BCUT2D eigenvalue weighted by molar-refractivity contribution is 6.00. The van der Waals surface area contributed by atoms with Crippen molar-refractivity contribution in [3.8, 4) is 17.0 Å². The number of aromatic nitrogens is 3. The molecule has 0 fully saturated rings. The molecular formula is C24H22F2N4O2. The molecule has 0 saturated carbocycles. The van der Waals surface area contributed by atoms with Crippen molar-refractivity contribution in [2.24, 2.45) is 0 Å². The molecule has 0 aliphatic rings. The van der Waals surface area contributed by atoms with Gasteiger partial charge in [-0.15, -0.1) is 0 Å². The van der Waals surface area contributed by atoms with Crippen LogP contribution in [0.2, 0.25) is 0 Å². The van der Waals surface area contributed by atoms with Crippen molar-refractivity contribution in [2.75, 3.05) is 7.11 Å². The number of alkyl halides is 2. The fraction of sp³-hybridized carbons (Fsp3) is 0.208. The molecule has 4 aromatic rings. The summed E-state index contributed by atoms with van der Waals surface area (Å²) in [6, 6.07) is 17.5. The molecule has 1 N–H and O–H groups in total. The number of rotatable bonds is 7. The maximum absolute atomic E-state index is 13.8. The summed E-state index contributed by atoms with van der Waals surface area (Å²) < 4.78 is 33.8. The van der Waals surface area contributed by atoms with Gasteiger partial charge in [-0.25, -0.2) is 18.3 Å². The molecule has 2 heterocycles. The van der Waals surface area contributed by atoms with E-state index < -0.39 is 12.3 Å². The van der Waals surface area contributed by atoms with E-state index in [1.54, 1.807) is 31.4 Å². The van der Waals surface area contributed by atoms with Gasteiger partial charge in [0.15, 0.2) is 5.65 Å². The van der Waals surface area contributed by atoms with E-state index in [1.807, 2.05) is 37.3 Å². The van der Waals surface area contributed by atoms with E-state index >= 15 is 0 Å². The van der Waals surface area contributed by atoms with E-state index in [1.165, 1.54) is 12.3 Å². The lowest BCUT2D eigenvalue weighted by Gasteiger charge is -2.17. The largest absolute Gasteiger partial charge is 0.497 e. The van der Waals surface area contributed by atoms with Gasteiger partial charge in [-0.05, 0) is 42.3 Å². The van der Waals surface area contributed by atoms with Crippen LogP contribution in [0.5, 0.6) is 5.75 Å². The number of halogens is 2. The van der Waals surface area contributed by atoms with Crippen LogP contribution >= 0.6 is 0 Å². The molecule has 1 amide bonds. The Hall–Kier alpha value is -3.81. The van der Waals surface area contributed by atoms with Crippen LogP contribution in [0.4, 0.5) is 8.78 Å². The van der Waals surface area contributed by atoms with E-state index in [-0.39, 0.29) is 22.9 Å². The Labute approximate surface area is 183 Å².